The Bertz CT molecular complexity index is 949. The summed E-state index contributed by atoms with van der Waals surface area (Å²) in [7, 11) is 1.23. The zero-order chi connectivity index (χ0) is 32.9. The van der Waals surface area contributed by atoms with Gasteiger partial charge >= 0.3 is 0 Å². The van der Waals surface area contributed by atoms with Crippen molar-refractivity contribution in [3.63, 3.8) is 0 Å². The van der Waals surface area contributed by atoms with Crippen LogP contribution in [0.2, 0.25) is 0 Å². The van der Waals surface area contributed by atoms with Crippen LogP contribution < -0.4 is 10.2 Å². The van der Waals surface area contributed by atoms with E-state index < -0.39 is 20.0 Å². The Morgan fingerprint density at radius 3 is 1.80 bits per heavy atom. The largest absolute Gasteiger partial charge is 0.756 e. The summed E-state index contributed by atoms with van der Waals surface area (Å²) in [5.74, 6) is -0.264. The van der Waals surface area contributed by atoms with E-state index in [1.807, 2.05) is 33.3 Å². The quantitative estimate of drug-likeness (QED) is 0.0431. The molecule has 0 aliphatic carbocycles. The zero-order valence-electron chi connectivity index (χ0n) is 28.1. The number of rotatable bonds is 27. The molecule has 0 aliphatic heterocycles. The number of aliphatic hydroxyl groups excluding tert-OH is 1. The molecule has 0 heterocycles. The highest BCUT2D eigenvalue weighted by molar-refractivity contribution is 7.45. The summed E-state index contributed by atoms with van der Waals surface area (Å²) in [6, 6.07) is -0.839. The molecule has 2 N–H and O–H groups in total. The third kappa shape index (κ3) is 28.7. The zero-order valence-corrected chi connectivity index (χ0v) is 29.0. The molecular weight excluding hydrogens is 575 g/mol. The van der Waals surface area contributed by atoms with Crippen LogP contribution in [0.1, 0.15) is 90.9 Å². The highest BCUT2D eigenvalue weighted by Gasteiger charge is 2.24. The van der Waals surface area contributed by atoms with Crippen molar-refractivity contribution in [2.24, 2.45) is 0 Å². The highest BCUT2D eigenvalue weighted by Crippen LogP contribution is 2.38. The summed E-state index contributed by atoms with van der Waals surface area (Å²) in [5, 5.41) is 13.4. The van der Waals surface area contributed by atoms with Gasteiger partial charge in [0.05, 0.1) is 39.9 Å². The average molecular weight is 637 g/mol. The molecule has 9 heteroatoms. The Hall–Kier alpha value is -2.06. The van der Waals surface area contributed by atoms with Gasteiger partial charge in [-0.1, -0.05) is 106 Å². The highest BCUT2D eigenvalue weighted by atomic mass is 31.2. The van der Waals surface area contributed by atoms with E-state index in [0.29, 0.717) is 23.9 Å². The standard InChI is InChI=1S/C35H61N2O6P/c1-6-8-10-11-12-13-14-15-16-17-18-19-20-21-22-23-24-25-27-29-35(39)36-33(34(38)28-26-9-7-2)32-43-44(40,41)42-31-30-37(3,4)5/h8,10,12-13,15-16,18-19,21-22,24-25,33-34,38H,6-7,9,11,14,17,20,23,26-32H2,1-5H3,(H-,36,39,40,41)/b10-8-,13-12-,16-15-,19-18-,22-21-,25-24-. The second kappa shape index (κ2) is 27.3. The van der Waals surface area contributed by atoms with E-state index in [-0.39, 0.29) is 25.5 Å². The Kier molecular flexibility index (Phi) is 26.0. The lowest BCUT2D eigenvalue weighted by atomic mass is 10.0. The predicted octanol–water partition coefficient (Wildman–Crippen LogP) is 7.10. The van der Waals surface area contributed by atoms with E-state index in [2.05, 4.69) is 79.9 Å². The number of likely N-dealkylation sites (N-methyl/N-ethyl adjacent to an activating group) is 1. The number of hydrogen-bond acceptors (Lipinski definition) is 6. The van der Waals surface area contributed by atoms with Crippen molar-refractivity contribution in [1.29, 1.82) is 0 Å². The van der Waals surface area contributed by atoms with Crippen molar-refractivity contribution < 1.29 is 32.9 Å². The van der Waals surface area contributed by atoms with Crippen molar-refractivity contribution >= 4 is 13.7 Å². The molecule has 0 aliphatic rings. The fourth-order valence-corrected chi connectivity index (χ4v) is 4.54. The summed E-state index contributed by atoms with van der Waals surface area (Å²) >= 11 is 0. The van der Waals surface area contributed by atoms with Crippen molar-refractivity contribution in [2.75, 3.05) is 40.9 Å². The van der Waals surface area contributed by atoms with Crippen LogP contribution in [0.5, 0.6) is 0 Å². The van der Waals surface area contributed by atoms with E-state index in [0.717, 1.165) is 57.8 Å². The van der Waals surface area contributed by atoms with Crippen molar-refractivity contribution in [1.82, 2.24) is 5.32 Å². The van der Waals surface area contributed by atoms with E-state index >= 15 is 0 Å². The Labute approximate surface area is 268 Å². The van der Waals surface area contributed by atoms with Gasteiger partial charge in [0.1, 0.15) is 13.2 Å². The SMILES string of the molecule is CC/C=C\C/C=C\C/C=C\C/C=C\C/C=C\C/C=C\CCC(=O)NC(COP(=O)([O-])OCC[N+](C)(C)C)C(O)CCCCC. The van der Waals surface area contributed by atoms with Crippen molar-refractivity contribution in [2.45, 2.75) is 103 Å². The molecule has 0 spiro atoms. The number of carbonyl (C=O) groups excluding carboxylic acids is 1. The van der Waals surface area contributed by atoms with Gasteiger partial charge in [-0.2, -0.15) is 0 Å². The van der Waals surface area contributed by atoms with Crippen LogP contribution in [-0.2, 0) is 18.4 Å². The minimum atomic E-state index is -4.56. The number of phosphoric ester groups is 1. The lowest BCUT2D eigenvalue weighted by molar-refractivity contribution is -0.870. The van der Waals surface area contributed by atoms with Gasteiger partial charge in [-0.25, -0.2) is 0 Å². The summed E-state index contributed by atoms with van der Waals surface area (Å²) < 4.78 is 22.8. The molecule has 0 saturated heterocycles. The number of nitrogens with one attached hydrogen (secondary N) is 1. The van der Waals surface area contributed by atoms with E-state index in [4.69, 9.17) is 9.05 Å². The van der Waals surface area contributed by atoms with Crippen LogP contribution in [0.15, 0.2) is 72.9 Å². The molecule has 44 heavy (non-hydrogen) atoms. The van der Waals surface area contributed by atoms with Gasteiger partial charge in [0.15, 0.2) is 0 Å². The number of nitrogens with zero attached hydrogens (tertiary/aromatic N) is 1. The smallest absolute Gasteiger partial charge is 0.268 e. The minimum Gasteiger partial charge on any atom is -0.756 e. The first-order valence-electron chi connectivity index (χ1n) is 16.3. The Balaban J connectivity index is 4.40. The number of carbonyl (C=O) groups is 1. The molecule has 0 saturated carbocycles. The molecule has 0 aromatic carbocycles. The van der Waals surface area contributed by atoms with Gasteiger partial charge in [0.25, 0.3) is 7.82 Å². The predicted molar refractivity (Wildman–Crippen MR) is 182 cm³/mol. The van der Waals surface area contributed by atoms with Gasteiger partial charge in [0, 0.05) is 6.42 Å². The monoisotopic (exact) mass is 636 g/mol. The minimum absolute atomic E-state index is 0.00762. The van der Waals surface area contributed by atoms with Crippen LogP contribution in [0, 0.1) is 0 Å². The lowest BCUT2D eigenvalue weighted by Crippen LogP contribution is -2.46. The number of phosphoric acid groups is 1. The second-order valence-corrected chi connectivity index (χ2v) is 13.2. The van der Waals surface area contributed by atoms with Gasteiger partial charge in [-0.05, 0) is 51.4 Å². The summed E-state index contributed by atoms with van der Waals surface area (Å²) in [5.41, 5.74) is 0. The molecule has 0 bridgehead atoms. The van der Waals surface area contributed by atoms with Crippen LogP contribution in [0.25, 0.3) is 0 Å². The molecule has 8 nitrogen and oxygen atoms in total. The van der Waals surface area contributed by atoms with E-state index in [1.54, 1.807) is 0 Å². The summed E-state index contributed by atoms with van der Waals surface area (Å²) in [6.07, 6.45) is 34.3. The maximum absolute atomic E-state index is 12.6. The molecule has 0 aromatic rings. The molecule has 0 aromatic heterocycles. The number of amides is 1. The van der Waals surface area contributed by atoms with E-state index in [9.17, 15) is 19.4 Å². The lowest BCUT2D eigenvalue weighted by Gasteiger charge is -2.30. The summed E-state index contributed by atoms with van der Waals surface area (Å²) in [4.78, 5) is 24.8. The fraction of sp³-hybridized carbons (Fsp3) is 0.629. The first-order chi connectivity index (χ1) is 21.0. The van der Waals surface area contributed by atoms with Gasteiger partial charge in [-0.15, -0.1) is 0 Å². The molecule has 3 atom stereocenters. The molecule has 1 amide bonds. The number of hydrogen-bond donors (Lipinski definition) is 2. The van der Waals surface area contributed by atoms with Crippen molar-refractivity contribution in [3.05, 3.63) is 72.9 Å². The Morgan fingerprint density at radius 2 is 1.32 bits per heavy atom. The maximum Gasteiger partial charge on any atom is 0.268 e. The number of aliphatic hydroxyl groups is 1. The van der Waals surface area contributed by atoms with E-state index in [1.165, 1.54) is 0 Å². The first kappa shape index (κ1) is 41.9. The molecule has 3 unspecified atom stereocenters. The van der Waals surface area contributed by atoms with Crippen LogP contribution in [0.4, 0.5) is 0 Å². The fourth-order valence-electron chi connectivity index (χ4n) is 3.82. The molecule has 252 valence electrons. The van der Waals surface area contributed by atoms with Crippen molar-refractivity contribution in [3.8, 4) is 0 Å². The number of unbranched alkanes of at least 4 members (excludes halogenated alkanes) is 2. The second-order valence-electron chi connectivity index (χ2n) is 11.8. The first-order valence-corrected chi connectivity index (χ1v) is 17.7. The number of quaternary nitrogens is 1. The van der Waals surface area contributed by atoms with Crippen LogP contribution in [-0.4, -0.2) is 68.5 Å². The number of allylic oxidation sites excluding steroid dienone is 12. The van der Waals surface area contributed by atoms with Gasteiger partial charge in [-0.3, -0.25) is 9.36 Å². The normalized spacial score (nSPS) is 15.9. The average Bonchev–Trinajstić information content (AvgIpc) is 2.95. The molecule has 0 fully saturated rings. The molecule has 0 rings (SSSR count). The maximum atomic E-state index is 12.6. The third-order valence-corrected chi connectivity index (χ3v) is 7.44. The van der Waals surface area contributed by atoms with Gasteiger partial charge in [0.2, 0.25) is 5.91 Å². The molecule has 0 radical (unpaired) electrons. The van der Waals surface area contributed by atoms with Crippen LogP contribution in [0.3, 0.4) is 0 Å². The Morgan fingerprint density at radius 1 is 0.818 bits per heavy atom. The van der Waals surface area contributed by atoms with Crippen LogP contribution >= 0.6 is 7.82 Å². The van der Waals surface area contributed by atoms with Gasteiger partial charge < -0.3 is 28.8 Å². The molecular formula is C35H61N2O6P. The third-order valence-electron chi connectivity index (χ3n) is 6.47. The summed E-state index contributed by atoms with van der Waals surface area (Å²) in [6.45, 7) is 4.31. The topological polar surface area (TPSA) is 108 Å².